The van der Waals surface area contributed by atoms with Crippen molar-refractivity contribution in [2.75, 3.05) is 44.8 Å². The Labute approximate surface area is 121 Å². The van der Waals surface area contributed by atoms with Crippen molar-refractivity contribution < 1.29 is 17.9 Å². The number of piperidine rings is 1. The van der Waals surface area contributed by atoms with Crippen LogP contribution in [0.4, 0.5) is 0 Å². The van der Waals surface area contributed by atoms with Crippen molar-refractivity contribution in [1.82, 2.24) is 9.80 Å². The monoisotopic (exact) mass is 304 g/mol. The van der Waals surface area contributed by atoms with Gasteiger partial charge in [0.05, 0.1) is 18.6 Å². The Kier molecular flexibility index (Phi) is 5.04. The minimum absolute atomic E-state index is 0.187. The number of methoxy groups -OCH3 is 1. The van der Waals surface area contributed by atoms with Gasteiger partial charge in [0.25, 0.3) is 0 Å². The van der Waals surface area contributed by atoms with Gasteiger partial charge in [-0.05, 0) is 19.8 Å². The molecule has 7 heteroatoms. The molecule has 2 rings (SSSR count). The van der Waals surface area contributed by atoms with Gasteiger partial charge in [-0.15, -0.1) is 0 Å². The molecule has 0 aromatic heterocycles. The van der Waals surface area contributed by atoms with Crippen molar-refractivity contribution in [2.24, 2.45) is 0 Å². The molecule has 116 valence electrons. The summed E-state index contributed by atoms with van der Waals surface area (Å²) in [5.74, 6) is 0.380. The van der Waals surface area contributed by atoms with Crippen molar-refractivity contribution in [3.63, 3.8) is 0 Å². The molecule has 2 aliphatic rings. The molecule has 2 heterocycles. The Hall–Kier alpha value is -0.660. The van der Waals surface area contributed by atoms with E-state index < -0.39 is 9.84 Å². The predicted molar refractivity (Wildman–Crippen MR) is 76.3 cm³/mol. The molecule has 0 aliphatic carbocycles. The lowest BCUT2D eigenvalue weighted by Gasteiger charge is -2.41. The van der Waals surface area contributed by atoms with Gasteiger partial charge in [-0.1, -0.05) is 0 Å². The van der Waals surface area contributed by atoms with Gasteiger partial charge < -0.3 is 4.74 Å². The van der Waals surface area contributed by atoms with Gasteiger partial charge in [0.2, 0.25) is 0 Å². The van der Waals surface area contributed by atoms with Crippen LogP contribution in [0.3, 0.4) is 0 Å². The summed E-state index contributed by atoms with van der Waals surface area (Å²) in [7, 11) is -1.39. The van der Waals surface area contributed by atoms with Crippen LogP contribution in [-0.4, -0.2) is 81.1 Å². The van der Waals surface area contributed by atoms with Gasteiger partial charge in [0, 0.05) is 32.2 Å². The zero-order chi connectivity index (χ0) is 14.8. The molecule has 0 radical (unpaired) electrons. The van der Waals surface area contributed by atoms with Crippen molar-refractivity contribution >= 4 is 15.8 Å². The van der Waals surface area contributed by atoms with Crippen LogP contribution in [0, 0.1) is 0 Å². The highest BCUT2D eigenvalue weighted by molar-refractivity contribution is 7.91. The highest BCUT2D eigenvalue weighted by atomic mass is 32.2. The summed E-state index contributed by atoms with van der Waals surface area (Å²) < 4.78 is 27.7. The molecular formula is C13H24N2O4S. The highest BCUT2D eigenvalue weighted by Gasteiger charge is 2.32. The number of hydrogen-bond acceptors (Lipinski definition) is 6. The average Bonchev–Trinajstić information content (AvgIpc) is 2.46. The van der Waals surface area contributed by atoms with Crippen LogP contribution in [0.1, 0.15) is 19.8 Å². The molecule has 0 aromatic carbocycles. The molecule has 2 saturated heterocycles. The van der Waals surface area contributed by atoms with Crippen molar-refractivity contribution in [2.45, 2.75) is 31.8 Å². The number of ether oxygens (including phenoxy) is 1. The smallest absolute Gasteiger partial charge is 0.322 e. The normalized spacial score (nSPS) is 27.1. The van der Waals surface area contributed by atoms with Crippen LogP contribution in [-0.2, 0) is 19.4 Å². The molecule has 6 nitrogen and oxygen atoms in total. The molecule has 0 bridgehead atoms. The third kappa shape index (κ3) is 3.71. The van der Waals surface area contributed by atoms with E-state index >= 15 is 0 Å². The first-order valence-electron chi connectivity index (χ1n) is 7.19. The number of hydrogen-bond donors (Lipinski definition) is 0. The van der Waals surface area contributed by atoms with Crippen LogP contribution >= 0.6 is 0 Å². The molecule has 20 heavy (non-hydrogen) atoms. The van der Waals surface area contributed by atoms with Crippen LogP contribution in [0.2, 0.25) is 0 Å². The van der Waals surface area contributed by atoms with E-state index in [0.29, 0.717) is 19.1 Å². The summed E-state index contributed by atoms with van der Waals surface area (Å²) in [4.78, 5) is 16.0. The van der Waals surface area contributed by atoms with Crippen molar-refractivity contribution in [3.8, 4) is 0 Å². The first kappa shape index (κ1) is 15.7. The number of carbonyl (C=O) groups excluding carboxylic acids is 1. The number of nitrogens with zero attached hydrogens (tertiary/aromatic N) is 2. The second-order valence-corrected chi connectivity index (χ2v) is 7.96. The van der Waals surface area contributed by atoms with Gasteiger partial charge in [-0.3, -0.25) is 14.6 Å². The summed E-state index contributed by atoms with van der Waals surface area (Å²) in [5, 5.41) is 0. The molecule has 0 unspecified atom stereocenters. The van der Waals surface area contributed by atoms with E-state index in [1.54, 1.807) is 0 Å². The second-order valence-electron chi connectivity index (χ2n) is 5.65. The molecule has 1 atom stereocenters. The fourth-order valence-corrected chi connectivity index (χ4v) is 4.28. The van der Waals surface area contributed by atoms with Gasteiger partial charge in [-0.2, -0.15) is 0 Å². The number of sulfone groups is 1. The molecule has 0 spiro atoms. The molecule has 0 amide bonds. The summed E-state index contributed by atoms with van der Waals surface area (Å²) in [5.41, 5.74) is 0. The lowest BCUT2D eigenvalue weighted by Crippen LogP contribution is -2.52. The minimum atomic E-state index is -2.81. The maximum Gasteiger partial charge on any atom is 0.322 e. The van der Waals surface area contributed by atoms with Crippen molar-refractivity contribution in [1.29, 1.82) is 0 Å². The summed E-state index contributed by atoms with van der Waals surface area (Å²) in [6.07, 6.45) is 1.97. The maximum absolute atomic E-state index is 11.5. The summed E-state index contributed by atoms with van der Waals surface area (Å²) >= 11 is 0. The first-order chi connectivity index (χ1) is 9.43. The molecule has 2 fully saturated rings. The van der Waals surface area contributed by atoms with E-state index in [4.69, 9.17) is 4.74 Å². The molecule has 0 saturated carbocycles. The second kappa shape index (κ2) is 6.41. The minimum Gasteiger partial charge on any atom is -0.468 e. The first-order valence-corrected chi connectivity index (χ1v) is 9.01. The zero-order valence-electron chi connectivity index (χ0n) is 12.2. The van der Waals surface area contributed by atoms with Gasteiger partial charge in [-0.25, -0.2) is 8.42 Å². The third-order valence-corrected chi connectivity index (χ3v) is 6.09. The van der Waals surface area contributed by atoms with E-state index in [1.807, 2.05) is 6.92 Å². The van der Waals surface area contributed by atoms with E-state index in [1.165, 1.54) is 7.11 Å². The fourth-order valence-electron chi connectivity index (χ4n) is 3.05. The highest BCUT2D eigenvalue weighted by Crippen LogP contribution is 2.20. The van der Waals surface area contributed by atoms with Crippen molar-refractivity contribution in [3.05, 3.63) is 0 Å². The zero-order valence-corrected chi connectivity index (χ0v) is 13.1. The molecular weight excluding hydrogens is 280 g/mol. The Bertz CT molecular complexity index is 429. The molecule has 0 aromatic rings. The quantitative estimate of drug-likeness (QED) is 0.670. The molecule has 0 N–H and O–H groups in total. The van der Waals surface area contributed by atoms with Crippen LogP contribution in [0.5, 0.6) is 0 Å². The lowest BCUT2D eigenvalue weighted by molar-refractivity contribution is -0.147. The van der Waals surface area contributed by atoms with Crippen LogP contribution in [0.25, 0.3) is 0 Å². The van der Waals surface area contributed by atoms with E-state index in [2.05, 4.69) is 9.80 Å². The Balaban J connectivity index is 1.81. The largest absolute Gasteiger partial charge is 0.468 e. The van der Waals surface area contributed by atoms with Gasteiger partial charge >= 0.3 is 5.97 Å². The fraction of sp³-hybridized carbons (Fsp3) is 0.923. The third-order valence-electron chi connectivity index (χ3n) is 4.48. The summed E-state index contributed by atoms with van der Waals surface area (Å²) in [6, 6.07) is 0.259. The maximum atomic E-state index is 11.5. The van der Waals surface area contributed by atoms with E-state index in [-0.39, 0.29) is 23.5 Å². The SMILES string of the molecule is COC(=O)[C@H](C)N1CCC(N2CCS(=O)(=O)CC2)CC1. The Morgan fingerprint density at radius 1 is 1.15 bits per heavy atom. The average molecular weight is 304 g/mol. The Morgan fingerprint density at radius 3 is 2.20 bits per heavy atom. The van der Waals surface area contributed by atoms with Crippen LogP contribution < -0.4 is 0 Å². The topological polar surface area (TPSA) is 66.9 Å². The van der Waals surface area contributed by atoms with E-state index in [9.17, 15) is 13.2 Å². The Morgan fingerprint density at radius 2 is 1.70 bits per heavy atom. The lowest BCUT2D eigenvalue weighted by atomic mass is 10.0. The molecule has 2 aliphatic heterocycles. The van der Waals surface area contributed by atoms with Crippen LogP contribution in [0.15, 0.2) is 0 Å². The number of rotatable bonds is 3. The predicted octanol–water partition coefficient (Wildman–Crippen LogP) is -0.257. The van der Waals surface area contributed by atoms with E-state index in [0.717, 1.165) is 25.9 Å². The summed E-state index contributed by atoms with van der Waals surface area (Å²) in [6.45, 7) is 4.91. The van der Waals surface area contributed by atoms with Gasteiger partial charge in [0.15, 0.2) is 9.84 Å². The standard InChI is InChI=1S/C13H24N2O4S/c1-11(13(16)19-2)14-5-3-12(4-6-14)15-7-9-20(17,18)10-8-15/h11-12H,3-10H2,1-2H3/t11-/m0/s1. The number of carbonyl (C=O) groups is 1. The number of esters is 1. The van der Waals surface area contributed by atoms with Gasteiger partial charge in [0.1, 0.15) is 6.04 Å². The number of likely N-dealkylation sites (tertiary alicyclic amines) is 1.